The van der Waals surface area contributed by atoms with Crippen molar-refractivity contribution in [1.82, 2.24) is 0 Å². The highest BCUT2D eigenvalue weighted by Crippen LogP contribution is 2.33. The van der Waals surface area contributed by atoms with Crippen LogP contribution in [0.5, 0.6) is 5.75 Å². The van der Waals surface area contributed by atoms with Gasteiger partial charge in [0.2, 0.25) is 0 Å². The zero-order valence-electron chi connectivity index (χ0n) is 11.1. The lowest BCUT2D eigenvalue weighted by Gasteiger charge is -2.17. The molecule has 0 amide bonds. The molecule has 2 rings (SSSR count). The molecular formula is C14H19BrN2O. The van der Waals surface area contributed by atoms with Crippen molar-refractivity contribution in [1.29, 1.82) is 0 Å². The molecule has 0 saturated heterocycles. The second-order valence-electron chi connectivity index (χ2n) is 5.60. The molecule has 0 aliphatic carbocycles. The van der Waals surface area contributed by atoms with E-state index in [9.17, 15) is 0 Å². The van der Waals surface area contributed by atoms with Crippen molar-refractivity contribution < 1.29 is 4.74 Å². The van der Waals surface area contributed by atoms with Crippen molar-refractivity contribution in [3.05, 3.63) is 27.7 Å². The fraction of sp³-hybridized carbons (Fsp3) is 0.500. The van der Waals surface area contributed by atoms with E-state index in [4.69, 9.17) is 10.5 Å². The Morgan fingerprint density at radius 1 is 1.44 bits per heavy atom. The Morgan fingerprint density at radius 3 is 2.83 bits per heavy atom. The molecule has 4 heteroatoms. The van der Waals surface area contributed by atoms with Gasteiger partial charge in [-0.2, -0.15) is 0 Å². The summed E-state index contributed by atoms with van der Waals surface area (Å²) in [6.07, 6.45) is 0.972. The van der Waals surface area contributed by atoms with E-state index < -0.39 is 0 Å². The van der Waals surface area contributed by atoms with E-state index in [0.717, 1.165) is 28.8 Å². The molecule has 1 aromatic carbocycles. The van der Waals surface area contributed by atoms with Gasteiger partial charge in [0.15, 0.2) is 0 Å². The number of rotatable bonds is 2. The van der Waals surface area contributed by atoms with E-state index in [1.165, 1.54) is 5.56 Å². The molecule has 1 aliphatic rings. The smallest absolute Gasteiger partial charge is 0.127 e. The molecule has 0 saturated carbocycles. The van der Waals surface area contributed by atoms with E-state index in [1.807, 2.05) is 0 Å². The molecule has 3 nitrogen and oxygen atoms in total. The van der Waals surface area contributed by atoms with Gasteiger partial charge in [-0.25, -0.2) is 0 Å². The van der Waals surface area contributed by atoms with Gasteiger partial charge in [0.25, 0.3) is 0 Å². The molecule has 1 heterocycles. The molecule has 0 unspecified atom stereocenters. The number of benzene rings is 1. The Balaban J connectivity index is 2.26. The van der Waals surface area contributed by atoms with Gasteiger partial charge in [0.1, 0.15) is 5.75 Å². The number of ether oxygens (including phenoxy) is 1. The molecule has 0 radical (unpaired) electrons. The highest BCUT2D eigenvalue weighted by Gasteiger charge is 2.19. The molecule has 1 aromatic rings. The highest BCUT2D eigenvalue weighted by molar-refractivity contribution is 9.10. The Morgan fingerprint density at radius 2 is 2.17 bits per heavy atom. The molecule has 0 bridgehead atoms. The van der Waals surface area contributed by atoms with Crippen LogP contribution in [-0.2, 0) is 13.0 Å². The summed E-state index contributed by atoms with van der Waals surface area (Å²) in [6.45, 7) is 7.52. The zero-order valence-corrected chi connectivity index (χ0v) is 12.7. The third-order valence-electron chi connectivity index (χ3n) is 3.01. The van der Waals surface area contributed by atoms with Gasteiger partial charge < -0.3 is 10.5 Å². The lowest BCUT2D eigenvalue weighted by atomic mass is 9.95. The molecule has 0 spiro atoms. The minimum absolute atomic E-state index is 0.0873. The average molecular weight is 311 g/mol. The van der Waals surface area contributed by atoms with Crippen LogP contribution in [0.3, 0.4) is 0 Å². The maximum Gasteiger partial charge on any atom is 0.127 e. The molecule has 0 atom stereocenters. The number of nitrogens with zero attached hydrogens (tertiary/aromatic N) is 1. The topological polar surface area (TPSA) is 47.6 Å². The minimum Gasteiger partial charge on any atom is -0.493 e. The number of halogens is 1. The first kappa shape index (κ1) is 13.4. The zero-order chi connectivity index (χ0) is 13.3. The predicted molar refractivity (Wildman–Crippen MR) is 78.1 cm³/mol. The van der Waals surface area contributed by atoms with Crippen LogP contribution >= 0.6 is 15.9 Å². The molecule has 18 heavy (non-hydrogen) atoms. The Hall–Kier alpha value is -1.03. The summed E-state index contributed by atoms with van der Waals surface area (Å²) in [6, 6.07) is 4.17. The first-order valence-electron chi connectivity index (χ1n) is 6.12. The van der Waals surface area contributed by atoms with Gasteiger partial charge in [-0.3, -0.25) is 4.99 Å². The minimum atomic E-state index is -0.0873. The van der Waals surface area contributed by atoms with Gasteiger partial charge in [0.05, 0.1) is 19.0 Å². The summed E-state index contributed by atoms with van der Waals surface area (Å²) in [5, 5.41) is 0. The lowest BCUT2D eigenvalue weighted by Crippen LogP contribution is -2.29. The van der Waals surface area contributed by atoms with Crippen molar-refractivity contribution in [3.63, 3.8) is 0 Å². The summed E-state index contributed by atoms with van der Waals surface area (Å²) in [7, 11) is 0. The second-order valence-corrected chi connectivity index (χ2v) is 6.52. The van der Waals surface area contributed by atoms with E-state index in [0.29, 0.717) is 12.4 Å². The number of hydrogen-bond acceptors (Lipinski definition) is 2. The van der Waals surface area contributed by atoms with Crippen LogP contribution < -0.4 is 10.5 Å². The number of fused-ring (bicyclic) bond motifs is 1. The van der Waals surface area contributed by atoms with E-state index >= 15 is 0 Å². The van der Waals surface area contributed by atoms with Crippen LogP contribution in [0.15, 0.2) is 21.6 Å². The summed E-state index contributed by atoms with van der Waals surface area (Å²) < 4.78 is 6.75. The molecule has 2 N–H and O–H groups in total. The van der Waals surface area contributed by atoms with Crippen LogP contribution in [-0.4, -0.2) is 12.4 Å². The second kappa shape index (κ2) is 4.92. The van der Waals surface area contributed by atoms with Gasteiger partial charge in [-0.15, -0.1) is 0 Å². The van der Waals surface area contributed by atoms with Crippen LogP contribution in [0.1, 0.15) is 31.9 Å². The van der Waals surface area contributed by atoms with Gasteiger partial charge >= 0.3 is 0 Å². The molecule has 98 valence electrons. The maximum atomic E-state index is 5.98. The van der Waals surface area contributed by atoms with E-state index in [2.05, 4.69) is 53.8 Å². The predicted octanol–water partition coefficient (Wildman–Crippen LogP) is 3.29. The number of aliphatic imine (C=N–C) groups is 1. The van der Waals surface area contributed by atoms with Crippen LogP contribution in [0.25, 0.3) is 0 Å². The monoisotopic (exact) mass is 310 g/mol. The summed E-state index contributed by atoms with van der Waals surface area (Å²) in [5.74, 6) is 1.66. The van der Waals surface area contributed by atoms with Crippen molar-refractivity contribution in [2.75, 3.05) is 6.61 Å². The summed E-state index contributed by atoms with van der Waals surface area (Å²) >= 11 is 3.53. The largest absolute Gasteiger partial charge is 0.493 e. The van der Waals surface area contributed by atoms with Gasteiger partial charge in [-0.1, -0.05) is 36.7 Å². The maximum absolute atomic E-state index is 5.98. The van der Waals surface area contributed by atoms with Crippen LogP contribution in [0.2, 0.25) is 0 Å². The SMILES string of the molecule is CC(C)(C)C(N)=NCc1cc(Br)cc2c1OCC2. The van der Waals surface area contributed by atoms with Gasteiger partial charge in [0, 0.05) is 21.9 Å². The number of amidine groups is 1. The molecule has 1 aliphatic heterocycles. The van der Waals surface area contributed by atoms with Crippen molar-refractivity contribution in [3.8, 4) is 5.75 Å². The van der Waals surface area contributed by atoms with Crippen molar-refractivity contribution in [2.45, 2.75) is 33.7 Å². The first-order valence-corrected chi connectivity index (χ1v) is 6.92. The summed E-state index contributed by atoms with van der Waals surface area (Å²) in [5.41, 5.74) is 8.25. The normalized spacial score (nSPS) is 15.4. The van der Waals surface area contributed by atoms with Crippen molar-refractivity contribution >= 4 is 21.8 Å². The highest BCUT2D eigenvalue weighted by atomic mass is 79.9. The Bertz CT molecular complexity index is 489. The molecule has 0 fully saturated rings. The Labute approximate surface area is 117 Å². The number of hydrogen-bond donors (Lipinski definition) is 1. The quantitative estimate of drug-likeness (QED) is 0.673. The van der Waals surface area contributed by atoms with Gasteiger partial charge in [-0.05, 0) is 17.7 Å². The average Bonchev–Trinajstić information content (AvgIpc) is 2.71. The third kappa shape index (κ3) is 2.86. The fourth-order valence-electron chi connectivity index (χ4n) is 1.87. The fourth-order valence-corrected chi connectivity index (χ4v) is 2.42. The van der Waals surface area contributed by atoms with Crippen LogP contribution in [0.4, 0.5) is 0 Å². The van der Waals surface area contributed by atoms with Crippen molar-refractivity contribution in [2.24, 2.45) is 16.1 Å². The van der Waals surface area contributed by atoms with E-state index in [-0.39, 0.29) is 5.41 Å². The summed E-state index contributed by atoms with van der Waals surface area (Å²) in [4.78, 5) is 4.48. The molecule has 0 aromatic heterocycles. The third-order valence-corrected chi connectivity index (χ3v) is 3.47. The van der Waals surface area contributed by atoms with E-state index in [1.54, 1.807) is 0 Å². The standard InChI is InChI=1S/C14H19BrN2O/c1-14(2,3)13(16)17-8-10-7-11(15)6-9-4-5-18-12(9)10/h6-7H,4-5,8H2,1-3H3,(H2,16,17). The number of nitrogens with two attached hydrogens (primary N) is 1. The first-order chi connectivity index (χ1) is 8.38. The lowest BCUT2D eigenvalue weighted by molar-refractivity contribution is 0.353. The molecular weight excluding hydrogens is 292 g/mol. The van der Waals surface area contributed by atoms with Crippen LogP contribution in [0, 0.1) is 5.41 Å². The Kier molecular flexibility index (Phi) is 3.66.